The van der Waals surface area contributed by atoms with E-state index < -0.39 is 0 Å². The van der Waals surface area contributed by atoms with Crippen molar-refractivity contribution in [2.45, 2.75) is 20.8 Å². The molecule has 21 heavy (non-hydrogen) atoms. The number of benzene rings is 1. The molecule has 0 bridgehead atoms. The molecule has 0 spiro atoms. The van der Waals surface area contributed by atoms with Crippen molar-refractivity contribution < 1.29 is 0 Å². The molecule has 0 aliphatic rings. The van der Waals surface area contributed by atoms with Crippen LogP contribution in [0.1, 0.15) is 16.8 Å². The van der Waals surface area contributed by atoms with Crippen LogP contribution in [0.2, 0.25) is 0 Å². The smallest absolute Gasteiger partial charge is 0.275 e. The summed E-state index contributed by atoms with van der Waals surface area (Å²) in [5.74, 6) is 0. The first-order chi connectivity index (χ1) is 9.90. The summed E-state index contributed by atoms with van der Waals surface area (Å²) in [6.45, 7) is 5.83. The maximum absolute atomic E-state index is 12.4. The summed E-state index contributed by atoms with van der Waals surface area (Å²) in [5.41, 5.74) is 4.02. The Morgan fingerprint density at radius 1 is 1.00 bits per heavy atom. The van der Waals surface area contributed by atoms with Crippen molar-refractivity contribution >= 4 is 10.9 Å². The van der Waals surface area contributed by atoms with E-state index in [9.17, 15) is 9.59 Å². The fourth-order valence-electron chi connectivity index (χ4n) is 2.68. The zero-order valence-electron chi connectivity index (χ0n) is 12.5. The molecule has 2 heterocycles. The highest BCUT2D eigenvalue weighted by Gasteiger charge is 2.14. The summed E-state index contributed by atoms with van der Waals surface area (Å²) < 4.78 is 2.98. The van der Waals surface area contributed by atoms with Crippen molar-refractivity contribution in [1.29, 1.82) is 0 Å². The summed E-state index contributed by atoms with van der Waals surface area (Å²) in [7, 11) is 1.65. The minimum Gasteiger partial charge on any atom is -0.295 e. The molecule has 3 aromatic rings. The van der Waals surface area contributed by atoms with Gasteiger partial charge in [0, 0.05) is 24.5 Å². The standard InChI is InChI=1S/C16H17N3O2/c1-9-5-6-12(7-10(9)2)19-11(3)15-13(8-14(19)20)17-18(4)16(15)21/h5-8,17H,1-4H3. The molecular formula is C16H17N3O2. The third-order valence-corrected chi connectivity index (χ3v) is 4.01. The van der Waals surface area contributed by atoms with Gasteiger partial charge in [0.2, 0.25) is 0 Å². The fourth-order valence-corrected chi connectivity index (χ4v) is 2.68. The second-order valence-electron chi connectivity index (χ2n) is 5.44. The number of hydrogen-bond acceptors (Lipinski definition) is 2. The van der Waals surface area contributed by atoms with Gasteiger partial charge >= 0.3 is 0 Å². The lowest BCUT2D eigenvalue weighted by molar-refractivity contribution is 0.751. The quantitative estimate of drug-likeness (QED) is 0.742. The SMILES string of the molecule is Cc1ccc(-n2c(C)c3c(=O)n(C)[nH]c3cc2=O)cc1C. The lowest BCUT2D eigenvalue weighted by Crippen LogP contribution is -2.21. The number of rotatable bonds is 1. The monoisotopic (exact) mass is 283 g/mol. The maximum Gasteiger partial charge on any atom is 0.275 e. The van der Waals surface area contributed by atoms with Crippen molar-refractivity contribution in [2.75, 3.05) is 0 Å². The molecule has 0 unspecified atom stereocenters. The maximum atomic E-state index is 12.4. The molecule has 0 aliphatic carbocycles. The predicted octanol–water partition coefficient (Wildman–Crippen LogP) is 1.94. The van der Waals surface area contributed by atoms with Gasteiger partial charge < -0.3 is 0 Å². The number of hydrogen-bond donors (Lipinski definition) is 1. The van der Waals surface area contributed by atoms with Gasteiger partial charge in [-0.3, -0.25) is 23.9 Å². The van der Waals surface area contributed by atoms with Gasteiger partial charge in [-0.2, -0.15) is 0 Å². The summed E-state index contributed by atoms with van der Waals surface area (Å²) in [5, 5.41) is 3.45. The lowest BCUT2D eigenvalue weighted by atomic mass is 10.1. The lowest BCUT2D eigenvalue weighted by Gasteiger charge is -2.12. The van der Waals surface area contributed by atoms with Crippen molar-refractivity contribution in [3.8, 4) is 5.69 Å². The Kier molecular flexibility index (Phi) is 2.86. The van der Waals surface area contributed by atoms with E-state index in [1.165, 1.54) is 16.3 Å². The Morgan fingerprint density at radius 3 is 2.38 bits per heavy atom. The molecule has 3 rings (SSSR count). The highest BCUT2D eigenvalue weighted by Crippen LogP contribution is 2.17. The topological polar surface area (TPSA) is 59.8 Å². The molecule has 5 nitrogen and oxygen atoms in total. The first kappa shape index (κ1) is 13.4. The molecule has 0 atom stereocenters. The zero-order chi connectivity index (χ0) is 15.3. The molecule has 0 saturated heterocycles. The number of aromatic amines is 1. The van der Waals surface area contributed by atoms with Gasteiger partial charge in [0.15, 0.2) is 0 Å². The number of nitrogens with one attached hydrogen (secondary N) is 1. The van der Waals surface area contributed by atoms with Crippen LogP contribution in [0, 0.1) is 20.8 Å². The Balaban J connectivity index is 2.42. The van der Waals surface area contributed by atoms with Crippen molar-refractivity contribution in [2.24, 2.45) is 7.05 Å². The normalized spacial score (nSPS) is 11.2. The van der Waals surface area contributed by atoms with Crippen LogP contribution in [0.5, 0.6) is 0 Å². The van der Waals surface area contributed by atoms with Crippen LogP contribution in [0.25, 0.3) is 16.6 Å². The highest BCUT2D eigenvalue weighted by molar-refractivity contribution is 5.80. The van der Waals surface area contributed by atoms with Crippen LogP contribution in [0.15, 0.2) is 33.9 Å². The summed E-state index contributed by atoms with van der Waals surface area (Å²) >= 11 is 0. The Bertz CT molecular complexity index is 974. The van der Waals surface area contributed by atoms with E-state index in [1.54, 1.807) is 18.5 Å². The first-order valence-electron chi connectivity index (χ1n) is 6.79. The van der Waals surface area contributed by atoms with E-state index in [0.717, 1.165) is 11.3 Å². The van der Waals surface area contributed by atoms with Gasteiger partial charge in [-0.1, -0.05) is 6.07 Å². The molecule has 0 amide bonds. The van der Waals surface area contributed by atoms with Gasteiger partial charge in [-0.05, 0) is 44.0 Å². The molecule has 0 aliphatic heterocycles. The van der Waals surface area contributed by atoms with Crippen LogP contribution in [-0.4, -0.2) is 14.3 Å². The van der Waals surface area contributed by atoms with Crippen LogP contribution < -0.4 is 11.1 Å². The van der Waals surface area contributed by atoms with Gasteiger partial charge in [0.05, 0.1) is 10.9 Å². The average Bonchev–Trinajstić information content (AvgIpc) is 2.69. The van der Waals surface area contributed by atoms with Crippen LogP contribution >= 0.6 is 0 Å². The summed E-state index contributed by atoms with van der Waals surface area (Å²) in [6, 6.07) is 7.32. The van der Waals surface area contributed by atoms with Crippen molar-refractivity contribution in [3.05, 3.63) is 61.8 Å². The number of pyridine rings is 1. The largest absolute Gasteiger partial charge is 0.295 e. The van der Waals surface area contributed by atoms with E-state index in [-0.39, 0.29) is 11.1 Å². The minimum atomic E-state index is -0.148. The van der Waals surface area contributed by atoms with E-state index in [1.807, 2.05) is 32.0 Å². The van der Waals surface area contributed by atoms with E-state index in [0.29, 0.717) is 16.6 Å². The molecule has 0 saturated carbocycles. The van der Waals surface area contributed by atoms with Gasteiger partial charge in [0.1, 0.15) is 0 Å². The minimum absolute atomic E-state index is 0.125. The molecular weight excluding hydrogens is 266 g/mol. The molecule has 1 aromatic carbocycles. The second kappa shape index (κ2) is 4.48. The van der Waals surface area contributed by atoms with E-state index >= 15 is 0 Å². The van der Waals surface area contributed by atoms with Gasteiger partial charge in [-0.25, -0.2) is 0 Å². The number of nitrogens with zero attached hydrogens (tertiary/aromatic N) is 2. The Hall–Kier alpha value is -2.56. The number of aromatic nitrogens is 3. The van der Waals surface area contributed by atoms with Crippen LogP contribution in [0.3, 0.4) is 0 Å². The highest BCUT2D eigenvalue weighted by atomic mass is 16.1. The summed E-state index contributed by atoms with van der Waals surface area (Å²) in [4.78, 5) is 24.6. The second-order valence-corrected chi connectivity index (χ2v) is 5.44. The third kappa shape index (κ3) is 1.93. The predicted molar refractivity (Wildman–Crippen MR) is 83.3 cm³/mol. The van der Waals surface area contributed by atoms with E-state index in [2.05, 4.69) is 5.10 Å². The van der Waals surface area contributed by atoms with Crippen molar-refractivity contribution in [1.82, 2.24) is 14.3 Å². The molecule has 2 aromatic heterocycles. The molecule has 108 valence electrons. The molecule has 1 N–H and O–H groups in total. The zero-order valence-corrected chi connectivity index (χ0v) is 12.5. The van der Waals surface area contributed by atoms with Gasteiger partial charge in [-0.15, -0.1) is 0 Å². The number of aryl methyl sites for hydroxylation is 4. The van der Waals surface area contributed by atoms with E-state index in [4.69, 9.17) is 0 Å². The van der Waals surface area contributed by atoms with Crippen LogP contribution in [0.4, 0.5) is 0 Å². The average molecular weight is 283 g/mol. The number of fused-ring (bicyclic) bond motifs is 1. The first-order valence-corrected chi connectivity index (χ1v) is 6.79. The third-order valence-electron chi connectivity index (χ3n) is 4.01. The number of H-pyrrole nitrogens is 1. The van der Waals surface area contributed by atoms with Gasteiger partial charge in [0.25, 0.3) is 11.1 Å². The summed E-state index contributed by atoms with van der Waals surface area (Å²) in [6.07, 6.45) is 0. The molecule has 0 radical (unpaired) electrons. The molecule has 0 fully saturated rings. The fraction of sp³-hybridized carbons (Fsp3) is 0.250. The Labute approximate surface area is 121 Å². The molecule has 5 heteroatoms. The van der Waals surface area contributed by atoms with Crippen molar-refractivity contribution in [3.63, 3.8) is 0 Å². The Morgan fingerprint density at radius 2 is 1.71 bits per heavy atom. The van der Waals surface area contributed by atoms with Crippen LogP contribution in [-0.2, 0) is 7.05 Å².